The molecule has 0 bridgehead atoms. The summed E-state index contributed by atoms with van der Waals surface area (Å²) < 4.78 is 0. The lowest BCUT2D eigenvalue weighted by atomic mass is 9.95. The first kappa shape index (κ1) is 17.1. The van der Waals surface area contributed by atoms with Crippen LogP contribution in [-0.4, -0.2) is 50.3 Å². The molecule has 0 aliphatic carbocycles. The van der Waals surface area contributed by atoms with Gasteiger partial charge < -0.3 is 4.90 Å². The van der Waals surface area contributed by atoms with Crippen molar-refractivity contribution < 1.29 is 4.79 Å². The van der Waals surface area contributed by atoms with Crippen LogP contribution in [0.4, 0.5) is 0 Å². The van der Waals surface area contributed by atoms with Gasteiger partial charge in [0.1, 0.15) is 5.82 Å². The Morgan fingerprint density at radius 2 is 1.96 bits per heavy atom. The van der Waals surface area contributed by atoms with Crippen LogP contribution in [0.3, 0.4) is 0 Å². The molecule has 2 aromatic heterocycles. The van der Waals surface area contributed by atoms with Crippen molar-refractivity contribution in [3.8, 4) is 0 Å². The molecule has 0 radical (unpaired) electrons. The van der Waals surface area contributed by atoms with Crippen LogP contribution in [0, 0.1) is 0 Å². The molecule has 1 saturated heterocycles. The van der Waals surface area contributed by atoms with Crippen LogP contribution in [0.1, 0.15) is 48.3 Å². The molecule has 4 rings (SSSR count). The highest BCUT2D eigenvalue weighted by Gasteiger charge is 2.25. The second-order valence-corrected chi connectivity index (χ2v) is 7.30. The lowest BCUT2D eigenvalue weighted by molar-refractivity contribution is -0.129. The fraction of sp³-hybridized carbons (Fsp3) is 0.500. The number of hydrogen-bond donors (Lipinski definition) is 0. The van der Waals surface area contributed by atoms with Gasteiger partial charge in [0.25, 0.3) is 0 Å². The molecule has 2 aliphatic rings. The SMILES string of the molecule is CC(=O)N1CCc2nc(C3CCN(Cc4ccncc4)CC3)ncc2C1. The number of nitrogens with zero attached hydrogens (tertiary/aromatic N) is 5. The first-order chi connectivity index (χ1) is 12.7. The van der Waals surface area contributed by atoms with E-state index in [4.69, 9.17) is 4.98 Å². The molecule has 2 aliphatic heterocycles. The Bertz CT molecular complexity index is 771. The molecule has 4 heterocycles. The third-order valence-electron chi connectivity index (χ3n) is 5.51. The van der Waals surface area contributed by atoms with Crippen molar-refractivity contribution in [1.82, 2.24) is 24.8 Å². The summed E-state index contributed by atoms with van der Waals surface area (Å²) in [5, 5.41) is 0. The van der Waals surface area contributed by atoms with Gasteiger partial charge in [-0.05, 0) is 43.6 Å². The maximum absolute atomic E-state index is 11.6. The molecule has 1 fully saturated rings. The number of rotatable bonds is 3. The van der Waals surface area contributed by atoms with Crippen molar-refractivity contribution in [2.24, 2.45) is 0 Å². The van der Waals surface area contributed by atoms with Gasteiger partial charge >= 0.3 is 0 Å². The van der Waals surface area contributed by atoms with Crippen LogP contribution in [0.2, 0.25) is 0 Å². The minimum Gasteiger partial charge on any atom is -0.338 e. The van der Waals surface area contributed by atoms with E-state index in [2.05, 4.69) is 27.0 Å². The van der Waals surface area contributed by atoms with Crippen molar-refractivity contribution in [2.75, 3.05) is 19.6 Å². The normalized spacial score (nSPS) is 18.6. The summed E-state index contributed by atoms with van der Waals surface area (Å²) in [6.45, 7) is 6.18. The minimum atomic E-state index is 0.126. The van der Waals surface area contributed by atoms with E-state index < -0.39 is 0 Å². The number of aromatic nitrogens is 3. The van der Waals surface area contributed by atoms with Crippen molar-refractivity contribution >= 4 is 5.91 Å². The van der Waals surface area contributed by atoms with Crippen LogP contribution in [-0.2, 0) is 24.3 Å². The van der Waals surface area contributed by atoms with E-state index in [9.17, 15) is 4.79 Å². The van der Waals surface area contributed by atoms with E-state index in [0.717, 1.165) is 62.5 Å². The fourth-order valence-corrected chi connectivity index (χ4v) is 3.89. The summed E-state index contributed by atoms with van der Waals surface area (Å²) in [6, 6.07) is 4.17. The van der Waals surface area contributed by atoms with Gasteiger partial charge in [0.05, 0.1) is 5.69 Å². The molecule has 0 N–H and O–H groups in total. The number of hydrogen-bond acceptors (Lipinski definition) is 5. The molecule has 2 aromatic rings. The Kier molecular flexibility index (Phi) is 4.93. The number of carbonyl (C=O) groups is 1. The molecule has 0 unspecified atom stereocenters. The highest BCUT2D eigenvalue weighted by atomic mass is 16.2. The average molecular weight is 351 g/mol. The molecule has 0 aromatic carbocycles. The number of piperidine rings is 1. The van der Waals surface area contributed by atoms with Crippen LogP contribution >= 0.6 is 0 Å². The number of likely N-dealkylation sites (tertiary alicyclic amines) is 1. The van der Waals surface area contributed by atoms with Crippen LogP contribution in [0.5, 0.6) is 0 Å². The zero-order valence-electron chi connectivity index (χ0n) is 15.3. The third-order valence-corrected chi connectivity index (χ3v) is 5.51. The Balaban J connectivity index is 1.37. The Morgan fingerprint density at radius 3 is 2.69 bits per heavy atom. The zero-order chi connectivity index (χ0) is 17.9. The van der Waals surface area contributed by atoms with Crippen LogP contribution in [0.25, 0.3) is 0 Å². The standard InChI is InChI=1S/C20H25N5O/c1-15(26)25-11-6-19-18(14-25)12-22-20(23-19)17-4-9-24(10-5-17)13-16-2-7-21-8-3-16/h2-3,7-8,12,17H,4-6,9-11,13-14H2,1H3. The van der Waals surface area contributed by atoms with Gasteiger partial charge in [0, 0.05) is 63.1 Å². The maximum Gasteiger partial charge on any atom is 0.219 e. The summed E-state index contributed by atoms with van der Waals surface area (Å²) in [5.41, 5.74) is 3.55. The molecule has 0 atom stereocenters. The van der Waals surface area contributed by atoms with Crippen LogP contribution in [0.15, 0.2) is 30.7 Å². The average Bonchev–Trinajstić information content (AvgIpc) is 2.68. The van der Waals surface area contributed by atoms with Crippen LogP contribution < -0.4 is 0 Å². The zero-order valence-corrected chi connectivity index (χ0v) is 15.3. The van der Waals surface area contributed by atoms with Gasteiger partial charge in [-0.25, -0.2) is 9.97 Å². The Hall–Kier alpha value is -2.34. The molecule has 6 heteroatoms. The molecule has 0 spiro atoms. The fourth-order valence-electron chi connectivity index (χ4n) is 3.89. The van der Waals surface area contributed by atoms with Gasteiger partial charge in [-0.15, -0.1) is 0 Å². The first-order valence-corrected chi connectivity index (χ1v) is 9.40. The molecule has 1 amide bonds. The smallest absolute Gasteiger partial charge is 0.219 e. The molecule has 6 nitrogen and oxygen atoms in total. The van der Waals surface area contributed by atoms with E-state index in [1.54, 1.807) is 6.92 Å². The molecular formula is C20H25N5O. The number of amides is 1. The molecule has 136 valence electrons. The summed E-state index contributed by atoms with van der Waals surface area (Å²) in [5.74, 6) is 1.56. The summed E-state index contributed by atoms with van der Waals surface area (Å²) in [7, 11) is 0. The molecule has 26 heavy (non-hydrogen) atoms. The quantitative estimate of drug-likeness (QED) is 0.848. The van der Waals surface area contributed by atoms with Gasteiger partial charge in [0.15, 0.2) is 0 Å². The Labute approximate surface area is 154 Å². The van der Waals surface area contributed by atoms with Gasteiger partial charge in [-0.3, -0.25) is 14.7 Å². The summed E-state index contributed by atoms with van der Waals surface area (Å²) in [6.07, 6.45) is 8.70. The van der Waals surface area contributed by atoms with E-state index in [1.807, 2.05) is 23.5 Å². The largest absolute Gasteiger partial charge is 0.338 e. The molecule has 0 saturated carbocycles. The van der Waals surface area contributed by atoms with Gasteiger partial charge in [-0.2, -0.15) is 0 Å². The van der Waals surface area contributed by atoms with E-state index >= 15 is 0 Å². The topological polar surface area (TPSA) is 62.2 Å². The van der Waals surface area contributed by atoms with E-state index in [0.29, 0.717) is 12.5 Å². The van der Waals surface area contributed by atoms with Crippen molar-refractivity contribution in [3.63, 3.8) is 0 Å². The third kappa shape index (κ3) is 3.75. The highest BCUT2D eigenvalue weighted by Crippen LogP contribution is 2.27. The number of pyridine rings is 1. The lowest BCUT2D eigenvalue weighted by Gasteiger charge is -2.32. The van der Waals surface area contributed by atoms with Gasteiger partial charge in [-0.1, -0.05) is 0 Å². The first-order valence-electron chi connectivity index (χ1n) is 9.40. The second kappa shape index (κ2) is 7.50. The van der Waals surface area contributed by atoms with Crippen molar-refractivity contribution in [3.05, 3.63) is 53.4 Å². The highest BCUT2D eigenvalue weighted by molar-refractivity contribution is 5.73. The van der Waals surface area contributed by atoms with Crippen molar-refractivity contribution in [1.29, 1.82) is 0 Å². The van der Waals surface area contributed by atoms with E-state index in [1.165, 1.54) is 5.56 Å². The minimum absolute atomic E-state index is 0.126. The maximum atomic E-state index is 11.6. The predicted octanol–water partition coefficient (Wildman–Crippen LogP) is 2.16. The monoisotopic (exact) mass is 351 g/mol. The van der Waals surface area contributed by atoms with E-state index in [-0.39, 0.29) is 5.91 Å². The number of carbonyl (C=O) groups excluding carboxylic acids is 1. The summed E-state index contributed by atoms with van der Waals surface area (Å²) >= 11 is 0. The Morgan fingerprint density at radius 1 is 1.19 bits per heavy atom. The predicted molar refractivity (Wildman–Crippen MR) is 98.3 cm³/mol. The molecular weight excluding hydrogens is 326 g/mol. The van der Waals surface area contributed by atoms with Crippen molar-refractivity contribution in [2.45, 2.75) is 45.2 Å². The second-order valence-electron chi connectivity index (χ2n) is 7.30. The number of fused-ring (bicyclic) bond motifs is 1. The lowest BCUT2D eigenvalue weighted by Crippen LogP contribution is -2.35. The summed E-state index contributed by atoms with van der Waals surface area (Å²) in [4.78, 5) is 29.5. The van der Waals surface area contributed by atoms with Gasteiger partial charge in [0.2, 0.25) is 5.91 Å².